The fourth-order valence-corrected chi connectivity index (χ4v) is 4.00. The molecule has 4 nitrogen and oxygen atoms in total. The Labute approximate surface area is 126 Å². The first-order valence-corrected chi connectivity index (χ1v) is 8.01. The van der Waals surface area contributed by atoms with Crippen molar-refractivity contribution in [2.24, 2.45) is 5.73 Å². The number of amides is 1. The van der Waals surface area contributed by atoms with Crippen molar-refractivity contribution < 1.29 is 4.79 Å². The number of rotatable bonds is 2. The Bertz CT molecular complexity index is 527. The van der Waals surface area contributed by atoms with Crippen molar-refractivity contribution in [1.29, 1.82) is 0 Å². The molecular weight excluding hydrogens is 262 g/mol. The molecule has 1 aliphatic carbocycles. The summed E-state index contributed by atoms with van der Waals surface area (Å²) in [6.07, 6.45) is 6.51. The van der Waals surface area contributed by atoms with Gasteiger partial charge in [-0.2, -0.15) is 0 Å². The molecule has 1 aromatic rings. The molecule has 0 radical (unpaired) electrons. The summed E-state index contributed by atoms with van der Waals surface area (Å²) in [5.41, 5.74) is 8.52. The number of piperazine rings is 1. The van der Waals surface area contributed by atoms with Crippen LogP contribution in [0.15, 0.2) is 18.2 Å². The third-order valence-electron chi connectivity index (χ3n) is 5.11. The smallest absolute Gasteiger partial charge is 0.248 e. The molecule has 1 aromatic carbocycles. The SMILES string of the molecule is Cc1cc(N2CCNCC23CCCCC3)ccc1C(N)=O. The standard InChI is InChI=1S/C17H25N3O/c1-13-11-14(5-6-15(13)16(18)21)20-10-9-19-12-17(20)7-3-2-4-8-17/h5-6,11,19H,2-4,7-10,12H2,1H3,(H2,18,21). The molecule has 1 heterocycles. The molecule has 2 fully saturated rings. The minimum absolute atomic E-state index is 0.261. The third-order valence-corrected chi connectivity index (χ3v) is 5.11. The summed E-state index contributed by atoms with van der Waals surface area (Å²) >= 11 is 0. The molecule has 1 saturated heterocycles. The monoisotopic (exact) mass is 287 g/mol. The summed E-state index contributed by atoms with van der Waals surface area (Å²) in [6.45, 7) is 5.11. The number of nitrogens with one attached hydrogen (secondary N) is 1. The van der Waals surface area contributed by atoms with Crippen LogP contribution >= 0.6 is 0 Å². The highest BCUT2D eigenvalue weighted by molar-refractivity contribution is 5.94. The number of nitrogens with zero attached hydrogens (tertiary/aromatic N) is 1. The van der Waals surface area contributed by atoms with Crippen LogP contribution in [0.5, 0.6) is 0 Å². The Morgan fingerprint density at radius 1 is 1.29 bits per heavy atom. The largest absolute Gasteiger partial charge is 0.366 e. The van der Waals surface area contributed by atoms with Gasteiger partial charge in [0, 0.05) is 30.9 Å². The summed E-state index contributed by atoms with van der Waals surface area (Å²) < 4.78 is 0. The van der Waals surface area contributed by atoms with E-state index in [9.17, 15) is 4.79 Å². The van der Waals surface area contributed by atoms with Gasteiger partial charge in [0.05, 0.1) is 5.54 Å². The Balaban J connectivity index is 1.93. The van der Waals surface area contributed by atoms with Crippen LogP contribution in [0.1, 0.15) is 48.0 Å². The molecule has 0 unspecified atom stereocenters. The Hall–Kier alpha value is -1.55. The summed E-state index contributed by atoms with van der Waals surface area (Å²) in [5, 5.41) is 3.57. The van der Waals surface area contributed by atoms with Crippen LogP contribution in [0.4, 0.5) is 5.69 Å². The summed E-state index contributed by atoms with van der Waals surface area (Å²) in [4.78, 5) is 14.0. The molecule has 3 rings (SSSR count). The average molecular weight is 287 g/mol. The highest BCUT2D eigenvalue weighted by Gasteiger charge is 2.39. The van der Waals surface area contributed by atoms with Gasteiger partial charge in [0.15, 0.2) is 0 Å². The topological polar surface area (TPSA) is 58.4 Å². The minimum atomic E-state index is -0.341. The van der Waals surface area contributed by atoms with Crippen LogP contribution in [0.25, 0.3) is 0 Å². The molecule has 21 heavy (non-hydrogen) atoms. The van der Waals surface area contributed by atoms with Crippen LogP contribution in [-0.2, 0) is 0 Å². The molecule has 0 atom stereocenters. The van der Waals surface area contributed by atoms with Crippen LogP contribution in [0, 0.1) is 6.92 Å². The van der Waals surface area contributed by atoms with E-state index >= 15 is 0 Å². The first-order chi connectivity index (χ1) is 10.1. The van der Waals surface area contributed by atoms with Crippen molar-refractivity contribution in [3.8, 4) is 0 Å². The maximum atomic E-state index is 11.4. The van der Waals surface area contributed by atoms with Crippen molar-refractivity contribution >= 4 is 11.6 Å². The molecule has 114 valence electrons. The van der Waals surface area contributed by atoms with E-state index in [1.807, 2.05) is 13.0 Å². The maximum absolute atomic E-state index is 11.4. The van der Waals surface area contributed by atoms with Gasteiger partial charge in [-0.25, -0.2) is 0 Å². The molecule has 4 heteroatoms. The molecule has 0 bridgehead atoms. The van der Waals surface area contributed by atoms with Gasteiger partial charge < -0.3 is 16.0 Å². The molecule has 0 aromatic heterocycles. The summed E-state index contributed by atoms with van der Waals surface area (Å²) in [6, 6.07) is 6.07. The van der Waals surface area contributed by atoms with Gasteiger partial charge in [-0.05, 0) is 43.5 Å². The van der Waals surface area contributed by atoms with Gasteiger partial charge in [-0.15, -0.1) is 0 Å². The van der Waals surface area contributed by atoms with E-state index in [4.69, 9.17) is 5.73 Å². The zero-order chi connectivity index (χ0) is 14.9. The minimum Gasteiger partial charge on any atom is -0.366 e. The zero-order valence-corrected chi connectivity index (χ0v) is 12.8. The normalized spacial score (nSPS) is 21.5. The molecule has 1 amide bonds. The van der Waals surface area contributed by atoms with E-state index in [-0.39, 0.29) is 11.4 Å². The molecule has 1 spiro atoms. The molecule has 3 N–H and O–H groups in total. The predicted octanol–water partition coefficient (Wildman–Crippen LogP) is 2.21. The lowest BCUT2D eigenvalue weighted by Crippen LogP contribution is -2.62. The second-order valence-corrected chi connectivity index (χ2v) is 6.48. The van der Waals surface area contributed by atoms with Crippen molar-refractivity contribution in [3.63, 3.8) is 0 Å². The second kappa shape index (κ2) is 5.68. The maximum Gasteiger partial charge on any atom is 0.248 e. The molecular formula is C17H25N3O. The molecule has 1 saturated carbocycles. The third kappa shape index (κ3) is 2.64. The van der Waals surface area contributed by atoms with E-state index in [1.54, 1.807) is 0 Å². The Morgan fingerprint density at radius 2 is 2.05 bits per heavy atom. The van der Waals surface area contributed by atoms with Gasteiger partial charge >= 0.3 is 0 Å². The lowest BCUT2D eigenvalue weighted by atomic mass is 9.78. The van der Waals surface area contributed by atoms with Crippen molar-refractivity contribution in [2.45, 2.75) is 44.6 Å². The molecule has 1 aliphatic heterocycles. The Kier molecular flexibility index (Phi) is 3.89. The number of primary amides is 1. The molecule has 2 aliphatic rings. The fourth-order valence-electron chi connectivity index (χ4n) is 4.00. The van der Waals surface area contributed by atoms with E-state index in [0.29, 0.717) is 5.56 Å². The average Bonchev–Trinajstić information content (AvgIpc) is 2.48. The number of hydrogen-bond donors (Lipinski definition) is 2. The predicted molar refractivity (Wildman–Crippen MR) is 85.7 cm³/mol. The van der Waals surface area contributed by atoms with Crippen LogP contribution in [0.2, 0.25) is 0 Å². The van der Waals surface area contributed by atoms with E-state index in [0.717, 1.165) is 25.2 Å². The fraction of sp³-hybridized carbons (Fsp3) is 0.588. The quantitative estimate of drug-likeness (QED) is 0.877. The Morgan fingerprint density at radius 3 is 2.71 bits per heavy atom. The van der Waals surface area contributed by atoms with E-state index < -0.39 is 0 Å². The van der Waals surface area contributed by atoms with Gasteiger partial charge in [-0.1, -0.05) is 19.3 Å². The van der Waals surface area contributed by atoms with E-state index in [1.165, 1.54) is 37.8 Å². The van der Waals surface area contributed by atoms with Gasteiger partial charge in [0.2, 0.25) is 5.91 Å². The number of anilines is 1. The van der Waals surface area contributed by atoms with Crippen molar-refractivity contribution in [2.75, 3.05) is 24.5 Å². The lowest BCUT2D eigenvalue weighted by Gasteiger charge is -2.51. The highest BCUT2D eigenvalue weighted by Crippen LogP contribution is 2.38. The lowest BCUT2D eigenvalue weighted by molar-refractivity contribution is 0.0999. The highest BCUT2D eigenvalue weighted by atomic mass is 16.1. The number of nitrogens with two attached hydrogens (primary N) is 1. The van der Waals surface area contributed by atoms with Crippen LogP contribution in [0.3, 0.4) is 0 Å². The van der Waals surface area contributed by atoms with Crippen molar-refractivity contribution in [1.82, 2.24) is 5.32 Å². The first-order valence-electron chi connectivity index (χ1n) is 8.01. The number of carbonyl (C=O) groups is 1. The van der Waals surface area contributed by atoms with Crippen LogP contribution < -0.4 is 16.0 Å². The van der Waals surface area contributed by atoms with Gasteiger partial charge in [0.25, 0.3) is 0 Å². The van der Waals surface area contributed by atoms with E-state index in [2.05, 4.69) is 22.3 Å². The number of benzene rings is 1. The van der Waals surface area contributed by atoms with Crippen molar-refractivity contribution in [3.05, 3.63) is 29.3 Å². The van der Waals surface area contributed by atoms with Gasteiger partial charge in [0.1, 0.15) is 0 Å². The number of aryl methyl sites for hydroxylation is 1. The number of hydrogen-bond acceptors (Lipinski definition) is 3. The summed E-state index contributed by atoms with van der Waals surface area (Å²) in [5.74, 6) is -0.341. The van der Waals surface area contributed by atoms with Gasteiger partial charge in [-0.3, -0.25) is 4.79 Å². The zero-order valence-electron chi connectivity index (χ0n) is 12.8. The summed E-state index contributed by atoms with van der Waals surface area (Å²) in [7, 11) is 0. The number of carbonyl (C=O) groups excluding carboxylic acids is 1. The second-order valence-electron chi connectivity index (χ2n) is 6.48. The first kappa shape index (κ1) is 14.4. The van der Waals surface area contributed by atoms with Crippen LogP contribution in [-0.4, -0.2) is 31.1 Å².